The van der Waals surface area contributed by atoms with Gasteiger partial charge >= 0.3 is 0 Å². The van der Waals surface area contributed by atoms with Crippen molar-refractivity contribution in [2.45, 2.75) is 13.0 Å². The molecular weight excluding hydrogens is 246 g/mol. The summed E-state index contributed by atoms with van der Waals surface area (Å²) in [5, 5.41) is 2.92. The summed E-state index contributed by atoms with van der Waals surface area (Å²) < 4.78 is 0. The van der Waals surface area contributed by atoms with Crippen molar-refractivity contribution in [2.75, 3.05) is 13.6 Å². The van der Waals surface area contributed by atoms with E-state index in [2.05, 4.69) is 10.3 Å². The fraction of sp³-hybridized carbons (Fsp3) is 0.417. The number of nitrogens with zero attached hydrogens (tertiary/aromatic N) is 2. The smallest absolute Gasteiger partial charge is 0.246 e. The highest BCUT2D eigenvalue weighted by Gasteiger charge is 2.36. The molecule has 19 heavy (non-hydrogen) atoms. The van der Waals surface area contributed by atoms with Gasteiger partial charge in [0.25, 0.3) is 0 Å². The van der Waals surface area contributed by atoms with Gasteiger partial charge in [-0.3, -0.25) is 14.5 Å². The van der Waals surface area contributed by atoms with E-state index in [0.29, 0.717) is 17.7 Å². The molecule has 0 aromatic heterocycles. The molecule has 2 aliphatic heterocycles. The standard InChI is InChI=1S/C12H17N5O2/c1-6-9(16-12(14)17(2)11(6)19)7-3-4-15-5-8(7)10(13)18/h3-4,6,9,15H,5H2,1-2H3,(H2,13,18)(H2,14,16)/t6-,9?/m0/s1. The number of rotatable bonds is 2. The first kappa shape index (κ1) is 13.1. The minimum absolute atomic E-state index is 0.124. The molecule has 0 bridgehead atoms. The van der Waals surface area contributed by atoms with Gasteiger partial charge in [-0.2, -0.15) is 0 Å². The molecule has 0 fully saturated rings. The lowest BCUT2D eigenvalue weighted by molar-refractivity contribution is -0.131. The zero-order valence-electron chi connectivity index (χ0n) is 10.9. The number of carbonyl (C=O) groups is 2. The third-order valence-electron chi connectivity index (χ3n) is 3.43. The van der Waals surface area contributed by atoms with Crippen LogP contribution in [0.25, 0.3) is 0 Å². The van der Waals surface area contributed by atoms with Crippen molar-refractivity contribution in [3.8, 4) is 0 Å². The van der Waals surface area contributed by atoms with Gasteiger partial charge in [0.15, 0.2) is 5.96 Å². The average molecular weight is 263 g/mol. The van der Waals surface area contributed by atoms with E-state index in [1.807, 2.05) is 0 Å². The highest BCUT2D eigenvalue weighted by molar-refractivity contribution is 6.00. The Hall–Kier alpha value is -2.31. The maximum absolute atomic E-state index is 12.1. The average Bonchev–Trinajstić information content (AvgIpc) is 2.40. The molecular formula is C12H17N5O2. The molecule has 0 spiro atoms. The summed E-state index contributed by atoms with van der Waals surface area (Å²) in [7, 11) is 1.58. The molecule has 7 heteroatoms. The highest BCUT2D eigenvalue weighted by Crippen LogP contribution is 2.26. The van der Waals surface area contributed by atoms with Crippen LogP contribution in [-0.2, 0) is 9.59 Å². The molecule has 2 atom stereocenters. The Morgan fingerprint density at radius 3 is 2.89 bits per heavy atom. The van der Waals surface area contributed by atoms with E-state index in [1.54, 1.807) is 26.2 Å². The van der Waals surface area contributed by atoms with Crippen LogP contribution >= 0.6 is 0 Å². The summed E-state index contributed by atoms with van der Waals surface area (Å²) in [6.45, 7) is 2.10. The minimum atomic E-state index is -0.515. The van der Waals surface area contributed by atoms with Crippen LogP contribution in [0.3, 0.4) is 0 Å². The largest absolute Gasteiger partial charge is 0.387 e. The van der Waals surface area contributed by atoms with Crippen LogP contribution in [-0.4, -0.2) is 42.3 Å². The number of amides is 2. The molecule has 2 aliphatic rings. The number of guanidine groups is 1. The minimum Gasteiger partial charge on any atom is -0.387 e. The Balaban J connectivity index is 2.48. The number of nitrogens with one attached hydrogen (secondary N) is 1. The van der Waals surface area contributed by atoms with Gasteiger partial charge in [0.1, 0.15) is 0 Å². The topological polar surface area (TPSA) is 114 Å². The molecule has 1 unspecified atom stereocenters. The lowest BCUT2D eigenvalue weighted by Crippen LogP contribution is -2.50. The summed E-state index contributed by atoms with van der Waals surface area (Å²) in [4.78, 5) is 29.1. The fourth-order valence-corrected chi connectivity index (χ4v) is 2.25. The fourth-order valence-electron chi connectivity index (χ4n) is 2.25. The van der Waals surface area contributed by atoms with Crippen molar-refractivity contribution in [2.24, 2.45) is 22.4 Å². The van der Waals surface area contributed by atoms with Crippen LogP contribution in [0.1, 0.15) is 6.92 Å². The van der Waals surface area contributed by atoms with Crippen LogP contribution in [0.15, 0.2) is 28.4 Å². The monoisotopic (exact) mass is 263 g/mol. The van der Waals surface area contributed by atoms with Gasteiger partial charge in [-0.25, -0.2) is 4.99 Å². The van der Waals surface area contributed by atoms with E-state index in [1.165, 1.54) is 4.90 Å². The van der Waals surface area contributed by atoms with Crippen molar-refractivity contribution in [1.82, 2.24) is 10.2 Å². The quantitative estimate of drug-likeness (QED) is 0.573. The second-order valence-corrected chi connectivity index (χ2v) is 4.63. The molecule has 2 amide bonds. The summed E-state index contributed by atoms with van der Waals surface area (Å²) in [5.74, 6) is -0.874. The predicted molar refractivity (Wildman–Crippen MR) is 70.7 cm³/mol. The highest BCUT2D eigenvalue weighted by atomic mass is 16.2. The molecule has 0 saturated heterocycles. The molecule has 2 rings (SSSR count). The van der Waals surface area contributed by atoms with Crippen LogP contribution in [0.2, 0.25) is 0 Å². The first-order valence-corrected chi connectivity index (χ1v) is 5.97. The predicted octanol–water partition coefficient (Wildman–Crippen LogP) is -1.32. The third-order valence-corrected chi connectivity index (χ3v) is 3.43. The van der Waals surface area contributed by atoms with Gasteiger partial charge in [0.2, 0.25) is 11.8 Å². The molecule has 0 saturated carbocycles. The van der Waals surface area contributed by atoms with Crippen LogP contribution in [0, 0.1) is 5.92 Å². The third kappa shape index (κ3) is 2.18. The van der Waals surface area contributed by atoms with Crippen LogP contribution in [0.5, 0.6) is 0 Å². The van der Waals surface area contributed by atoms with E-state index < -0.39 is 11.9 Å². The number of nitrogens with two attached hydrogens (primary N) is 2. The van der Waals surface area contributed by atoms with Gasteiger partial charge in [0.05, 0.1) is 12.0 Å². The Morgan fingerprint density at radius 2 is 2.26 bits per heavy atom. The van der Waals surface area contributed by atoms with Crippen molar-refractivity contribution < 1.29 is 9.59 Å². The number of hydrogen-bond donors (Lipinski definition) is 3. The van der Waals surface area contributed by atoms with E-state index >= 15 is 0 Å². The summed E-state index contributed by atoms with van der Waals surface area (Å²) in [5.41, 5.74) is 12.2. The first-order valence-electron chi connectivity index (χ1n) is 5.97. The number of primary amides is 1. The zero-order chi connectivity index (χ0) is 14.2. The summed E-state index contributed by atoms with van der Waals surface area (Å²) in [6.07, 6.45) is 3.43. The Morgan fingerprint density at radius 1 is 1.58 bits per heavy atom. The molecule has 0 radical (unpaired) electrons. The number of aliphatic imine (C=N–C) groups is 1. The molecule has 0 aromatic carbocycles. The van der Waals surface area contributed by atoms with Gasteiger partial charge in [0, 0.05) is 19.2 Å². The van der Waals surface area contributed by atoms with Crippen molar-refractivity contribution in [3.63, 3.8) is 0 Å². The van der Waals surface area contributed by atoms with E-state index in [9.17, 15) is 9.59 Å². The normalized spacial score (nSPS) is 27.2. The maximum Gasteiger partial charge on any atom is 0.246 e. The molecule has 102 valence electrons. The second kappa shape index (κ2) is 4.75. The Kier molecular flexibility index (Phi) is 3.28. The van der Waals surface area contributed by atoms with E-state index in [0.717, 1.165) is 0 Å². The zero-order valence-corrected chi connectivity index (χ0v) is 10.9. The number of carbonyl (C=O) groups excluding carboxylic acids is 2. The number of hydrogen-bond acceptors (Lipinski definition) is 5. The van der Waals surface area contributed by atoms with Crippen molar-refractivity contribution >= 4 is 17.8 Å². The van der Waals surface area contributed by atoms with Gasteiger partial charge in [-0.1, -0.05) is 6.92 Å². The molecule has 0 aliphatic carbocycles. The lowest BCUT2D eigenvalue weighted by atomic mass is 9.88. The molecule has 0 aromatic rings. The summed E-state index contributed by atoms with van der Waals surface area (Å²) >= 11 is 0. The van der Waals surface area contributed by atoms with E-state index in [-0.39, 0.29) is 17.8 Å². The molecule has 7 nitrogen and oxygen atoms in total. The van der Waals surface area contributed by atoms with Crippen LogP contribution in [0.4, 0.5) is 0 Å². The van der Waals surface area contributed by atoms with Gasteiger partial charge in [-0.05, 0) is 17.8 Å². The maximum atomic E-state index is 12.1. The molecule has 2 heterocycles. The second-order valence-electron chi connectivity index (χ2n) is 4.63. The van der Waals surface area contributed by atoms with Gasteiger partial charge < -0.3 is 16.8 Å². The first-order chi connectivity index (χ1) is 8.93. The molecule has 5 N–H and O–H groups in total. The van der Waals surface area contributed by atoms with Gasteiger partial charge in [-0.15, -0.1) is 0 Å². The lowest BCUT2D eigenvalue weighted by Gasteiger charge is -2.32. The summed E-state index contributed by atoms with van der Waals surface area (Å²) in [6, 6.07) is -0.468. The Labute approximate surface area is 111 Å². The van der Waals surface area contributed by atoms with Crippen LogP contribution < -0.4 is 16.8 Å². The Bertz CT molecular complexity index is 520. The van der Waals surface area contributed by atoms with Crippen molar-refractivity contribution in [1.29, 1.82) is 0 Å². The SMILES string of the molecule is C[C@@H]1C(=O)N(C)C(N)=NC1C1=C(C(N)=O)CNC=C1. The number of dihydropyridines is 1. The van der Waals surface area contributed by atoms with Crippen molar-refractivity contribution in [3.05, 3.63) is 23.4 Å². The van der Waals surface area contributed by atoms with E-state index in [4.69, 9.17) is 11.5 Å².